The highest BCUT2D eigenvalue weighted by molar-refractivity contribution is 4.76. The van der Waals surface area contributed by atoms with Crippen molar-refractivity contribution in [3.8, 4) is 0 Å². The molecule has 1 heterocycles. The number of aliphatic hydroxyl groups excluding tert-OH is 3. The summed E-state index contributed by atoms with van der Waals surface area (Å²) in [5.41, 5.74) is 0. The molecule has 0 radical (unpaired) electrons. The Bertz CT molecular complexity index is 90.3. The normalized spacial score (nSPS) is 49.2. The molecule has 1 aliphatic heterocycles. The molecular weight excluding hydrogens is 136 g/mol. The van der Waals surface area contributed by atoms with Crippen LogP contribution in [0.4, 0.5) is 0 Å². The average molecular weight is 148 g/mol. The molecule has 0 aromatic carbocycles. The fourth-order valence-electron chi connectivity index (χ4n) is 0.957. The van der Waals surface area contributed by atoms with Crippen molar-refractivity contribution in [1.82, 2.24) is 0 Å². The van der Waals surface area contributed by atoms with Crippen LogP contribution in [0.2, 0.25) is 0 Å². The van der Waals surface area contributed by atoms with E-state index in [0.29, 0.717) is 0 Å². The minimum absolute atomic E-state index is 0.183. The quantitative estimate of drug-likeness (QED) is 0.405. The van der Waals surface area contributed by atoms with Crippen LogP contribution in [-0.2, 0) is 4.74 Å². The van der Waals surface area contributed by atoms with Crippen molar-refractivity contribution in [1.29, 1.82) is 0 Å². The lowest BCUT2D eigenvalue weighted by molar-refractivity contribution is -0.240. The zero-order chi connectivity index (χ0) is 7.72. The Labute approximate surface area is 59.1 Å². The molecular formula is C6H12O4. The van der Waals surface area contributed by atoms with Gasteiger partial charge in [-0.05, 0) is 6.92 Å². The first-order chi connectivity index (χ1) is 4.61. The van der Waals surface area contributed by atoms with Gasteiger partial charge in [0.25, 0.3) is 0 Å². The summed E-state index contributed by atoms with van der Waals surface area (Å²) in [6, 6.07) is 0. The van der Waals surface area contributed by atoms with Gasteiger partial charge in [-0.15, -0.1) is 0 Å². The van der Waals surface area contributed by atoms with Crippen LogP contribution < -0.4 is 0 Å². The number of rotatable bonds is 0. The molecule has 0 amide bonds. The molecule has 0 spiro atoms. The van der Waals surface area contributed by atoms with Crippen molar-refractivity contribution in [3.05, 3.63) is 0 Å². The molecule has 4 atom stereocenters. The lowest BCUT2D eigenvalue weighted by Crippen LogP contribution is -2.45. The number of aliphatic hydroxyl groups is 3. The molecule has 0 saturated carbocycles. The van der Waals surface area contributed by atoms with E-state index < -0.39 is 24.6 Å². The van der Waals surface area contributed by atoms with E-state index >= 15 is 0 Å². The van der Waals surface area contributed by atoms with E-state index in [1.54, 1.807) is 6.92 Å². The summed E-state index contributed by atoms with van der Waals surface area (Å²) in [5, 5.41) is 26.9. The molecule has 1 saturated heterocycles. The van der Waals surface area contributed by atoms with Crippen LogP contribution in [0, 0.1) is 0 Å². The lowest BCUT2D eigenvalue weighted by atomic mass is 10.0. The van der Waals surface area contributed by atoms with Crippen molar-refractivity contribution in [3.63, 3.8) is 0 Å². The van der Waals surface area contributed by atoms with Crippen molar-refractivity contribution >= 4 is 0 Å². The van der Waals surface area contributed by atoms with E-state index in [1.807, 2.05) is 0 Å². The topological polar surface area (TPSA) is 69.9 Å². The van der Waals surface area contributed by atoms with Crippen molar-refractivity contribution in [2.45, 2.75) is 37.9 Å². The van der Waals surface area contributed by atoms with Crippen LogP contribution in [-0.4, -0.2) is 39.9 Å². The van der Waals surface area contributed by atoms with Crippen molar-refractivity contribution < 1.29 is 20.1 Å². The maximum absolute atomic E-state index is 9.07. The molecule has 0 bridgehead atoms. The van der Waals surface area contributed by atoms with Crippen molar-refractivity contribution in [2.75, 3.05) is 0 Å². The summed E-state index contributed by atoms with van der Waals surface area (Å²) < 4.78 is 4.77. The van der Waals surface area contributed by atoms with E-state index in [2.05, 4.69) is 0 Å². The zero-order valence-corrected chi connectivity index (χ0v) is 5.77. The van der Waals surface area contributed by atoms with Gasteiger partial charge >= 0.3 is 0 Å². The maximum atomic E-state index is 9.07. The van der Waals surface area contributed by atoms with E-state index in [4.69, 9.17) is 20.1 Å². The molecule has 0 aromatic rings. The highest BCUT2D eigenvalue weighted by Crippen LogP contribution is 2.17. The zero-order valence-electron chi connectivity index (χ0n) is 5.77. The highest BCUT2D eigenvalue weighted by atomic mass is 16.6. The fourth-order valence-corrected chi connectivity index (χ4v) is 0.957. The average Bonchev–Trinajstić information content (AvgIpc) is 1.84. The summed E-state index contributed by atoms with van der Waals surface area (Å²) >= 11 is 0. The van der Waals surface area contributed by atoms with Gasteiger partial charge in [0.15, 0.2) is 6.29 Å². The fraction of sp³-hybridized carbons (Fsp3) is 1.00. The third-order valence-electron chi connectivity index (χ3n) is 1.71. The molecule has 1 aliphatic rings. The Morgan fingerprint density at radius 2 is 1.80 bits per heavy atom. The summed E-state index contributed by atoms with van der Waals surface area (Å²) in [6.45, 7) is 1.65. The Morgan fingerprint density at radius 1 is 1.20 bits per heavy atom. The number of ether oxygens (including phenoxy) is 1. The maximum Gasteiger partial charge on any atom is 0.181 e. The smallest absolute Gasteiger partial charge is 0.181 e. The summed E-state index contributed by atoms with van der Waals surface area (Å²) in [4.78, 5) is 0. The van der Waals surface area contributed by atoms with Crippen LogP contribution in [0.5, 0.6) is 0 Å². The largest absolute Gasteiger partial charge is 0.390 e. The Kier molecular flexibility index (Phi) is 2.25. The Morgan fingerprint density at radius 3 is 2.30 bits per heavy atom. The van der Waals surface area contributed by atoms with E-state index in [-0.39, 0.29) is 6.42 Å². The van der Waals surface area contributed by atoms with Gasteiger partial charge in [0.2, 0.25) is 0 Å². The van der Waals surface area contributed by atoms with Crippen LogP contribution in [0.25, 0.3) is 0 Å². The van der Waals surface area contributed by atoms with Crippen molar-refractivity contribution in [2.24, 2.45) is 0 Å². The molecule has 0 aromatic heterocycles. The number of hydrogen-bond acceptors (Lipinski definition) is 4. The van der Waals surface area contributed by atoms with Gasteiger partial charge in [-0.25, -0.2) is 0 Å². The summed E-state index contributed by atoms with van der Waals surface area (Å²) in [6.07, 6.45) is -2.97. The molecule has 1 rings (SSSR count). The lowest BCUT2D eigenvalue weighted by Gasteiger charge is -2.32. The summed E-state index contributed by atoms with van der Waals surface area (Å²) in [7, 11) is 0. The van der Waals surface area contributed by atoms with Gasteiger partial charge in [0.1, 0.15) is 6.10 Å². The van der Waals surface area contributed by atoms with Gasteiger partial charge < -0.3 is 20.1 Å². The molecule has 4 heteroatoms. The SMILES string of the molecule is CC1O[C@H](O)[C@H](O)C[C@@H]1O. The van der Waals surface area contributed by atoms with Gasteiger partial charge in [0, 0.05) is 6.42 Å². The first-order valence-electron chi connectivity index (χ1n) is 3.31. The minimum atomic E-state index is -1.14. The third kappa shape index (κ3) is 1.46. The van der Waals surface area contributed by atoms with Gasteiger partial charge in [0.05, 0.1) is 12.2 Å². The van der Waals surface area contributed by atoms with E-state index in [0.717, 1.165) is 0 Å². The first-order valence-corrected chi connectivity index (χ1v) is 3.31. The molecule has 0 aliphatic carbocycles. The van der Waals surface area contributed by atoms with Crippen LogP contribution in [0.3, 0.4) is 0 Å². The Balaban J connectivity index is 2.46. The van der Waals surface area contributed by atoms with E-state index in [1.165, 1.54) is 0 Å². The van der Waals surface area contributed by atoms with E-state index in [9.17, 15) is 0 Å². The predicted molar refractivity (Wildman–Crippen MR) is 33.2 cm³/mol. The second-order valence-corrected chi connectivity index (χ2v) is 2.60. The Hall–Kier alpha value is -0.160. The molecule has 3 N–H and O–H groups in total. The molecule has 10 heavy (non-hydrogen) atoms. The van der Waals surface area contributed by atoms with Gasteiger partial charge in [-0.2, -0.15) is 0 Å². The van der Waals surface area contributed by atoms with Crippen LogP contribution >= 0.6 is 0 Å². The second kappa shape index (κ2) is 2.84. The molecule has 1 unspecified atom stereocenters. The summed E-state index contributed by atoms with van der Waals surface area (Å²) in [5.74, 6) is 0. The third-order valence-corrected chi connectivity index (χ3v) is 1.71. The van der Waals surface area contributed by atoms with Gasteiger partial charge in [-0.1, -0.05) is 0 Å². The van der Waals surface area contributed by atoms with Crippen LogP contribution in [0.15, 0.2) is 0 Å². The standard InChI is InChI=1S/C6H12O4/c1-3-4(7)2-5(8)6(9)10-3/h3-9H,2H2,1H3/t3?,4-,5+,6-/m0/s1. The molecule has 1 fully saturated rings. The number of hydrogen-bond donors (Lipinski definition) is 3. The second-order valence-electron chi connectivity index (χ2n) is 2.60. The van der Waals surface area contributed by atoms with Crippen LogP contribution in [0.1, 0.15) is 13.3 Å². The van der Waals surface area contributed by atoms with Gasteiger partial charge in [-0.3, -0.25) is 0 Å². The first kappa shape index (κ1) is 7.94. The predicted octanol–water partition coefficient (Wildman–Crippen LogP) is -1.16. The minimum Gasteiger partial charge on any atom is -0.390 e. The molecule has 60 valence electrons. The molecule has 4 nitrogen and oxygen atoms in total. The monoisotopic (exact) mass is 148 g/mol. The highest BCUT2D eigenvalue weighted by Gasteiger charge is 2.32.